The quantitative estimate of drug-likeness (QED) is 0.469. The van der Waals surface area contributed by atoms with Crippen LogP contribution in [0.15, 0.2) is 41.4 Å². The van der Waals surface area contributed by atoms with E-state index in [0.29, 0.717) is 0 Å². The first-order chi connectivity index (χ1) is 12.6. The van der Waals surface area contributed by atoms with Gasteiger partial charge in [-0.2, -0.15) is 0 Å². The molecule has 3 aromatic rings. The first-order valence-corrected chi connectivity index (χ1v) is 9.11. The van der Waals surface area contributed by atoms with Crippen molar-refractivity contribution in [1.82, 2.24) is 0 Å². The number of aryl methyl sites for hydroxylation is 2. The van der Waals surface area contributed by atoms with E-state index in [1.807, 2.05) is 6.92 Å². The highest BCUT2D eigenvalue weighted by Gasteiger charge is 2.18. The van der Waals surface area contributed by atoms with Crippen LogP contribution in [-0.4, -0.2) is 0 Å². The monoisotopic (exact) mass is 342 g/mol. The highest BCUT2D eigenvalue weighted by molar-refractivity contribution is 6.14. The van der Waals surface area contributed by atoms with Crippen molar-refractivity contribution in [2.45, 2.75) is 34.6 Å². The summed E-state index contributed by atoms with van der Waals surface area (Å²) in [6.45, 7) is 14.5. The molecule has 0 bridgehead atoms. The van der Waals surface area contributed by atoms with Gasteiger partial charge in [0, 0.05) is 10.9 Å². The Morgan fingerprint density at radius 3 is 1.92 bits per heavy atom. The summed E-state index contributed by atoms with van der Waals surface area (Å²) in [5.74, 6) is 0.827. The molecule has 26 heavy (non-hydrogen) atoms. The maximum atomic E-state index is 6.08. The summed E-state index contributed by atoms with van der Waals surface area (Å²) in [5, 5.41) is 3.72. The van der Waals surface area contributed by atoms with Crippen LogP contribution in [0.2, 0.25) is 0 Å². The van der Waals surface area contributed by atoms with E-state index >= 15 is 0 Å². The van der Waals surface area contributed by atoms with E-state index in [-0.39, 0.29) is 0 Å². The molecule has 1 heterocycles. The van der Waals surface area contributed by atoms with Gasteiger partial charge in [-0.1, -0.05) is 49.1 Å². The van der Waals surface area contributed by atoms with E-state index in [2.05, 4.69) is 82.9 Å². The lowest BCUT2D eigenvalue weighted by molar-refractivity contribution is 0.603. The van der Waals surface area contributed by atoms with Crippen LogP contribution in [0.1, 0.15) is 54.3 Å². The Hall–Kier alpha value is -2.80. The minimum atomic E-state index is 0.827. The van der Waals surface area contributed by atoms with Crippen molar-refractivity contribution >= 4 is 46.0 Å². The van der Waals surface area contributed by atoms with Crippen LogP contribution in [0.5, 0.6) is 0 Å². The number of allylic oxidation sites excluding steroid dienone is 3. The second kappa shape index (κ2) is 7.21. The Bertz CT molecular complexity index is 1080. The van der Waals surface area contributed by atoms with E-state index < -0.39 is 0 Å². The Kier molecular flexibility index (Phi) is 4.99. The smallest absolute Gasteiger partial charge is 0.136 e. The zero-order chi connectivity index (χ0) is 18.8. The number of furan rings is 1. The summed E-state index contributed by atoms with van der Waals surface area (Å²) in [5.41, 5.74) is 7.16. The molecule has 1 nitrogen and oxygen atoms in total. The molecule has 0 N–H and O–H groups in total. The zero-order valence-corrected chi connectivity index (χ0v) is 16.3. The molecule has 2 aromatic carbocycles. The van der Waals surface area contributed by atoms with Gasteiger partial charge in [0.15, 0.2) is 0 Å². The van der Waals surface area contributed by atoms with Crippen LogP contribution in [0.3, 0.4) is 0 Å². The fourth-order valence-corrected chi connectivity index (χ4v) is 3.87. The molecule has 0 saturated carbocycles. The molecule has 132 valence electrons. The molecule has 0 atom stereocenters. The SMILES string of the molecule is C=Cc1oc2ccc3c(C)c(/C=C\C)c(/C=C\C)c(C)c3c2c1/C=C\C. The van der Waals surface area contributed by atoms with Crippen molar-refractivity contribution in [3.8, 4) is 0 Å². The average molecular weight is 342 g/mol. The Morgan fingerprint density at radius 1 is 0.769 bits per heavy atom. The molecule has 3 rings (SSSR count). The van der Waals surface area contributed by atoms with E-state index in [4.69, 9.17) is 4.42 Å². The molecule has 0 fully saturated rings. The van der Waals surface area contributed by atoms with E-state index in [0.717, 1.165) is 16.9 Å². The predicted molar refractivity (Wildman–Crippen MR) is 117 cm³/mol. The second-order valence-corrected chi connectivity index (χ2v) is 6.52. The van der Waals surface area contributed by atoms with Gasteiger partial charge >= 0.3 is 0 Å². The molecule has 0 spiro atoms. The van der Waals surface area contributed by atoms with Crippen molar-refractivity contribution in [2.75, 3.05) is 0 Å². The Morgan fingerprint density at radius 2 is 1.35 bits per heavy atom. The molecular formula is C25H26O. The highest BCUT2D eigenvalue weighted by Crippen LogP contribution is 2.40. The summed E-state index contributed by atoms with van der Waals surface area (Å²) in [4.78, 5) is 0. The molecule has 0 amide bonds. The van der Waals surface area contributed by atoms with Gasteiger partial charge in [-0.3, -0.25) is 0 Å². The number of fused-ring (bicyclic) bond motifs is 3. The first kappa shape index (κ1) is 18.0. The molecular weight excluding hydrogens is 316 g/mol. The fraction of sp³-hybridized carbons (Fsp3) is 0.200. The van der Waals surface area contributed by atoms with Gasteiger partial charge < -0.3 is 4.42 Å². The van der Waals surface area contributed by atoms with Gasteiger partial charge in [-0.25, -0.2) is 0 Å². The average Bonchev–Trinajstić information content (AvgIpc) is 3.00. The van der Waals surface area contributed by atoms with Crippen molar-refractivity contribution in [3.63, 3.8) is 0 Å². The summed E-state index contributed by atoms with van der Waals surface area (Å²) >= 11 is 0. The van der Waals surface area contributed by atoms with Crippen LogP contribution in [0.4, 0.5) is 0 Å². The highest BCUT2D eigenvalue weighted by atomic mass is 16.3. The van der Waals surface area contributed by atoms with Crippen molar-refractivity contribution in [2.24, 2.45) is 0 Å². The van der Waals surface area contributed by atoms with Crippen LogP contribution >= 0.6 is 0 Å². The fourth-order valence-electron chi connectivity index (χ4n) is 3.87. The molecule has 0 unspecified atom stereocenters. The summed E-state index contributed by atoms with van der Waals surface area (Å²) in [6.07, 6.45) is 14.6. The topological polar surface area (TPSA) is 13.1 Å². The van der Waals surface area contributed by atoms with Crippen LogP contribution in [0, 0.1) is 13.8 Å². The minimum Gasteiger partial charge on any atom is -0.456 e. The van der Waals surface area contributed by atoms with Gasteiger partial charge in [0.2, 0.25) is 0 Å². The second-order valence-electron chi connectivity index (χ2n) is 6.52. The predicted octanol–water partition coefficient (Wildman–Crippen LogP) is 7.95. The third-order valence-electron chi connectivity index (χ3n) is 4.98. The molecule has 1 aromatic heterocycles. The summed E-state index contributed by atoms with van der Waals surface area (Å²) in [7, 11) is 0. The summed E-state index contributed by atoms with van der Waals surface area (Å²) in [6, 6.07) is 4.27. The molecule has 0 saturated heterocycles. The van der Waals surface area contributed by atoms with Gasteiger partial charge in [0.25, 0.3) is 0 Å². The van der Waals surface area contributed by atoms with Gasteiger partial charge in [0.05, 0.1) is 0 Å². The molecule has 0 radical (unpaired) electrons. The van der Waals surface area contributed by atoms with Crippen molar-refractivity contribution in [3.05, 3.63) is 70.5 Å². The maximum Gasteiger partial charge on any atom is 0.136 e. The lowest BCUT2D eigenvalue weighted by Crippen LogP contribution is -1.95. The van der Waals surface area contributed by atoms with Crippen LogP contribution in [-0.2, 0) is 0 Å². The van der Waals surface area contributed by atoms with Crippen LogP contribution < -0.4 is 0 Å². The minimum absolute atomic E-state index is 0.827. The molecule has 0 aliphatic carbocycles. The Labute approximate surface area is 156 Å². The largest absolute Gasteiger partial charge is 0.456 e. The van der Waals surface area contributed by atoms with Crippen LogP contribution in [0.25, 0.3) is 46.0 Å². The number of benzene rings is 2. The standard InChI is InChI=1S/C25H26O/c1-7-11-18-16(5)20-14-15-23-25(21(13-9-3)22(10-4)26-23)24(20)17(6)19(18)12-8-2/h7-15H,4H2,1-3,5-6H3/b11-7-,12-8-,13-9-. The van der Waals surface area contributed by atoms with E-state index in [1.165, 1.54) is 38.4 Å². The molecule has 0 aliphatic heterocycles. The Balaban J connectivity index is 2.64. The third kappa shape index (κ3) is 2.64. The van der Waals surface area contributed by atoms with Crippen molar-refractivity contribution < 1.29 is 4.42 Å². The van der Waals surface area contributed by atoms with Gasteiger partial charge in [-0.15, -0.1) is 0 Å². The lowest BCUT2D eigenvalue weighted by atomic mass is 9.87. The number of hydrogen-bond donors (Lipinski definition) is 0. The third-order valence-corrected chi connectivity index (χ3v) is 4.98. The van der Waals surface area contributed by atoms with E-state index in [9.17, 15) is 0 Å². The van der Waals surface area contributed by atoms with E-state index in [1.54, 1.807) is 6.08 Å². The van der Waals surface area contributed by atoms with Gasteiger partial charge in [0.1, 0.15) is 11.3 Å². The molecule has 0 aliphatic rings. The normalized spacial score (nSPS) is 12.5. The molecule has 1 heteroatoms. The van der Waals surface area contributed by atoms with Gasteiger partial charge in [-0.05, 0) is 79.8 Å². The number of hydrogen-bond acceptors (Lipinski definition) is 1. The lowest BCUT2D eigenvalue weighted by Gasteiger charge is -2.16. The van der Waals surface area contributed by atoms with Crippen molar-refractivity contribution in [1.29, 1.82) is 0 Å². The summed E-state index contributed by atoms with van der Waals surface area (Å²) < 4.78 is 6.08. The zero-order valence-electron chi connectivity index (χ0n) is 16.3. The first-order valence-electron chi connectivity index (χ1n) is 9.11. The maximum absolute atomic E-state index is 6.08. The number of rotatable bonds is 4.